The van der Waals surface area contributed by atoms with E-state index in [9.17, 15) is 4.79 Å². The summed E-state index contributed by atoms with van der Waals surface area (Å²) in [6.07, 6.45) is 0. The van der Waals surface area contributed by atoms with Gasteiger partial charge in [0, 0.05) is 0 Å². The molecule has 5 aromatic rings. The van der Waals surface area contributed by atoms with Gasteiger partial charge in [0.05, 0.1) is 17.6 Å². The van der Waals surface area contributed by atoms with Crippen LogP contribution in [-0.2, 0) is 6.54 Å². The highest BCUT2D eigenvalue weighted by molar-refractivity contribution is 5.95. The predicted octanol–water partition coefficient (Wildman–Crippen LogP) is 2.78. The highest BCUT2D eigenvalue weighted by Crippen LogP contribution is 2.21. The molecule has 2 heterocycles. The zero-order valence-corrected chi connectivity index (χ0v) is 14.2. The second-order valence-electron chi connectivity index (χ2n) is 6.28. The Morgan fingerprint density at radius 1 is 0.926 bits per heavy atom. The number of benzene rings is 3. The average molecular weight is 354 g/mol. The quantitative estimate of drug-likeness (QED) is 0.503. The highest BCUT2D eigenvalue weighted by atomic mass is 16.1. The number of H-pyrrole nitrogens is 1. The Hall–Kier alpha value is -3.87. The molecule has 7 heteroatoms. The van der Waals surface area contributed by atoms with Crippen molar-refractivity contribution < 1.29 is 0 Å². The third-order valence-electron chi connectivity index (χ3n) is 4.48. The van der Waals surface area contributed by atoms with E-state index < -0.39 is 0 Å². The zero-order valence-electron chi connectivity index (χ0n) is 14.2. The lowest BCUT2D eigenvalue weighted by Crippen LogP contribution is -2.15. The minimum atomic E-state index is -0.318. The second kappa shape index (κ2) is 6.14. The Balaban J connectivity index is 1.65. The van der Waals surface area contributed by atoms with E-state index in [1.54, 1.807) is 4.68 Å². The Morgan fingerprint density at radius 3 is 2.48 bits per heavy atom. The van der Waals surface area contributed by atoms with Gasteiger partial charge in [0.15, 0.2) is 5.69 Å². The van der Waals surface area contributed by atoms with E-state index in [2.05, 4.69) is 25.5 Å². The summed E-state index contributed by atoms with van der Waals surface area (Å²) >= 11 is 0. The summed E-state index contributed by atoms with van der Waals surface area (Å²) in [5, 5.41) is 13.9. The van der Waals surface area contributed by atoms with Gasteiger partial charge in [0.1, 0.15) is 0 Å². The van der Waals surface area contributed by atoms with Gasteiger partial charge in [-0.3, -0.25) is 4.79 Å². The molecule has 0 atom stereocenters. The first kappa shape index (κ1) is 15.4. The molecule has 0 amide bonds. The van der Waals surface area contributed by atoms with Crippen molar-refractivity contribution in [3.8, 4) is 11.5 Å². The molecule has 27 heavy (non-hydrogen) atoms. The van der Waals surface area contributed by atoms with Crippen LogP contribution in [0.2, 0.25) is 0 Å². The van der Waals surface area contributed by atoms with Crippen molar-refractivity contribution in [2.45, 2.75) is 6.54 Å². The van der Waals surface area contributed by atoms with Gasteiger partial charge in [-0.2, -0.15) is 0 Å². The number of nitrogens with one attached hydrogen (secondary N) is 1. The third kappa shape index (κ3) is 2.75. The van der Waals surface area contributed by atoms with Gasteiger partial charge in [-0.1, -0.05) is 54.6 Å². The Labute approximate surface area is 153 Å². The Morgan fingerprint density at radius 2 is 1.67 bits per heavy atom. The summed E-state index contributed by atoms with van der Waals surface area (Å²) < 4.78 is 1.58. The van der Waals surface area contributed by atoms with E-state index in [1.165, 1.54) is 0 Å². The van der Waals surface area contributed by atoms with Crippen LogP contribution in [0.1, 0.15) is 5.56 Å². The minimum absolute atomic E-state index is 0.207. The van der Waals surface area contributed by atoms with Gasteiger partial charge in [-0.25, -0.2) is 9.67 Å². The summed E-state index contributed by atoms with van der Waals surface area (Å²) in [7, 11) is 0. The van der Waals surface area contributed by atoms with E-state index >= 15 is 0 Å². The molecular weight excluding hydrogens is 340 g/mol. The van der Waals surface area contributed by atoms with Crippen LogP contribution in [0, 0.1) is 0 Å². The van der Waals surface area contributed by atoms with Crippen molar-refractivity contribution >= 4 is 21.8 Å². The van der Waals surface area contributed by atoms with Gasteiger partial charge in [-0.15, -0.1) is 5.10 Å². The third-order valence-corrected chi connectivity index (χ3v) is 4.48. The molecule has 0 aliphatic heterocycles. The SMILES string of the molecule is O=c1[nH]c2cc3ccccc3cc2nc1-c1nnnn1Cc1ccccc1. The van der Waals surface area contributed by atoms with Gasteiger partial charge >= 0.3 is 0 Å². The van der Waals surface area contributed by atoms with Crippen LogP contribution in [0.4, 0.5) is 0 Å². The van der Waals surface area contributed by atoms with Crippen molar-refractivity contribution in [2.75, 3.05) is 0 Å². The van der Waals surface area contributed by atoms with Gasteiger partial charge in [-0.05, 0) is 38.9 Å². The number of hydrogen-bond donors (Lipinski definition) is 1. The molecule has 0 saturated carbocycles. The zero-order chi connectivity index (χ0) is 18.2. The summed E-state index contributed by atoms with van der Waals surface area (Å²) in [4.78, 5) is 20.1. The summed E-state index contributed by atoms with van der Waals surface area (Å²) in [5.74, 6) is 0.343. The number of aromatic amines is 1. The van der Waals surface area contributed by atoms with Gasteiger partial charge < -0.3 is 4.98 Å². The van der Waals surface area contributed by atoms with E-state index in [1.807, 2.05) is 66.7 Å². The van der Waals surface area contributed by atoms with Crippen molar-refractivity contribution in [1.29, 1.82) is 0 Å². The standard InChI is InChI=1S/C20H14N6O/c27-20-18(19-23-24-25-26(19)12-13-6-2-1-3-7-13)21-16-10-14-8-4-5-9-15(14)11-17(16)22-20/h1-11H,12H2,(H,22,27). The monoisotopic (exact) mass is 354 g/mol. The number of tetrazole rings is 1. The molecule has 7 nitrogen and oxygen atoms in total. The molecule has 0 unspecified atom stereocenters. The molecular formula is C20H14N6O. The maximum Gasteiger partial charge on any atom is 0.278 e. The average Bonchev–Trinajstić information content (AvgIpc) is 3.14. The minimum Gasteiger partial charge on any atom is -0.319 e. The molecule has 0 saturated heterocycles. The number of rotatable bonds is 3. The molecule has 0 spiro atoms. The number of hydrogen-bond acceptors (Lipinski definition) is 5. The molecule has 0 bridgehead atoms. The van der Waals surface area contributed by atoms with Crippen LogP contribution in [0.15, 0.2) is 71.5 Å². The van der Waals surface area contributed by atoms with Crippen molar-refractivity contribution in [3.63, 3.8) is 0 Å². The van der Waals surface area contributed by atoms with Crippen molar-refractivity contribution in [2.24, 2.45) is 0 Å². The van der Waals surface area contributed by atoms with E-state index in [4.69, 9.17) is 0 Å². The summed E-state index contributed by atoms with van der Waals surface area (Å²) in [6, 6.07) is 21.6. The van der Waals surface area contributed by atoms with Crippen LogP contribution in [0.5, 0.6) is 0 Å². The predicted molar refractivity (Wildman–Crippen MR) is 102 cm³/mol. The van der Waals surface area contributed by atoms with E-state index in [0.29, 0.717) is 23.4 Å². The molecule has 1 N–H and O–H groups in total. The van der Waals surface area contributed by atoms with E-state index in [0.717, 1.165) is 16.3 Å². The largest absolute Gasteiger partial charge is 0.319 e. The molecule has 3 aromatic carbocycles. The molecule has 0 fully saturated rings. The first-order valence-electron chi connectivity index (χ1n) is 8.51. The van der Waals surface area contributed by atoms with Gasteiger partial charge in [0.2, 0.25) is 5.82 Å². The lowest BCUT2D eigenvalue weighted by molar-refractivity contribution is 0.652. The van der Waals surface area contributed by atoms with Crippen LogP contribution in [0.3, 0.4) is 0 Å². The molecule has 130 valence electrons. The fourth-order valence-corrected chi connectivity index (χ4v) is 3.16. The topological polar surface area (TPSA) is 89.3 Å². The van der Waals surface area contributed by atoms with Crippen LogP contribution in [0.25, 0.3) is 33.3 Å². The first-order valence-corrected chi connectivity index (χ1v) is 8.51. The van der Waals surface area contributed by atoms with Gasteiger partial charge in [0.25, 0.3) is 5.56 Å². The number of fused-ring (bicyclic) bond motifs is 2. The molecule has 0 radical (unpaired) electrons. The fraction of sp³-hybridized carbons (Fsp3) is 0.0500. The van der Waals surface area contributed by atoms with E-state index in [-0.39, 0.29) is 11.3 Å². The summed E-state index contributed by atoms with van der Waals surface area (Å²) in [6.45, 7) is 0.458. The van der Waals surface area contributed by atoms with Crippen LogP contribution < -0.4 is 5.56 Å². The van der Waals surface area contributed by atoms with Crippen LogP contribution in [-0.4, -0.2) is 30.2 Å². The second-order valence-corrected chi connectivity index (χ2v) is 6.28. The molecule has 5 rings (SSSR count). The smallest absolute Gasteiger partial charge is 0.278 e. The lowest BCUT2D eigenvalue weighted by Gasteiger charge is -2.06. The molecule has 0 aliphatic rings. The van der Waals surface area contributed by atoms with Crippen LogP contribution >= 0.6 is 0 Å². The molecule has 2 aromatic heterocycles. The fourth-order valence-electron chi connectivity index (χ4n) is 3.16. The maximum atomic E-state index is 12.6. The highest BCUT2D eigenvalue weighted by Gasteiger charge is 2.16. The number of nitrogens with zero attached hydrogens (tertiary/aromatic N) is 5. The Kier molecular flexibility index (Phi) is 3.50. The normalized spacial score (nSPS) is 11.3. The summed E-state index contributed by atoms with van der Waals surface area (Å²) in [5.41, 5.74) is 2.30. The Bertz CT molecular complexity index is 1320. The number of aromatic nitrogens is 6. The lowest BCUT2D eigenvalue weighted by atomic mass is 10.1. The first-order chi connectivity index (χ1) is 13.3. The maximum absolute atomic E-state index is 12.6. The molecule has 0 aliphatic carbocycles. The van der Waals surface area contributed by atoms with Crippen molar-refractivity contribution in [1.82, 2.24) is 30.2 Å². The van der Waals surface area contributed by atoms with Crippen molar-refractivity contribution in [3.05, 3.63) is 82.6 Å².